The molecule has 0 atom stereocenters. The van der Waals surface area contributed by atoms with Gasteiger partial charge in [0.25, 0.3) is 11.8 Å². The van der Waals surface area contributed by atoms with E-state index in [4.69, 9.17) is 13.6 Å². The van der Waals surface area contributed by atoms with Crippen LogP contribution < -0.4 is 0 Å². The Bertz CT molecular complexity index is 6220. The summed E-state index contributed by atoms with van der Waals surface area (Å²) >= 11 is 0. The molecule has 1 N–H and O–H groups in total. The predicted molar refractivity (Wildman–Crippen MR) is 389 cm³/mol. The average molecular weight is 1360 g/mol. The number of rotatable bonds is 10. The molecule has 0 aliphatic heterocycles. The third-order valence-corrected chi connectivity index (χ3v) is 17.6. The second-order valence-electron chi connectivity index (χ2n) is 25.0. The first-order valence-electron chi connectivity index (χ1n) is 33.0. The van der Waals surface area contributed by atoms with Crippen LogP contribution in [0, 0.1) is 49.4 Å². The van der Waals surface area contributed by atoms with Crippen molar-refractivity contribution in [3.05, 3.63) is 333 Å². The maximum absolute atomic E-state index is 13.9. The molecule has 0 aliphatic carbocycles. The second kappa shape index (κ2) is 28.0. The van der Waals surface area contributed by atoms with Gasteiger partial charge in [0.05, 0.1) is 57.9 Å². The lowest BCUT2D eigenvalue weighted by Crippen LogP contribution is -2.07. The largest absolute Gasteiger partial charge is 0.355 e. The summed E-state index contributed by atoms with van der Waals surface area (Å²) in [6, 6.07) is 66.9. The predicted octanol–water partition coefficient (Wildman–Crippen LogP) is 18.6. The highest BCUT2D eigenvalue weighted by Gasteiger charge is 2.27. The number of imidazole rings is 2. The summed E-state index contributed by atoms with van der Waals surface area (Å²) in [7, 11) is 0. The van der Waals surface area contributed by atoms with Crippen LogP contribution in [0.25, 0.3) is 77.4 Å². The third-order valence-electron chi connectivity index (χ3n) is 17.6. The number of nitrogens with zero attached hydrogens (tertiary/aromatic N) is 10. The number of benzene rings is 9. The molecule has 0 spiro atoms. The number of aromatic amines is 1. The summed E-state index contributed by atoms with van der Waals surface area (Å²) in [5.74, 6) is 13.5. The number of aryl methyl sites for hydroxylation is 2. The molecule has 0 fully saturated rings. The van der Waals surface area contributed by atoms with E-state index in [1.54, 1.807) is 52.1 Å². The average Bonchev–Trinajstić information content (AvgIpc) is 1.66. The van der Waals surface area contributed by atoms with Crippen LogP contribution in [0.4, 0.5) is 17.6 Å². The van der Waals surface area contributed by atoms with Gasteiger partial charge in [-0.15, -0.1) is 0 Å². The quantitative estimate of drug-likeness (QED) is 0.102. The summed E-state index contributed by atoms with van der Waals surface area (Å²) in [5.41, 5.74) is 20.0. The van der Waals surface area contributed by atoms with E-state index in [1.807, 2.05) is 129 Å². The van der Waals surface area contributed by atoms with Crippen molar-refractivity contribution in [2.24, 2.45) is 0 Å². The molecule has 8 aromatic heterocycles. The van der Waals surface area contributed by atoms with Gasteiger partial charge in [-0.3, -0.25) is 5.10 Å². The Kier molecular flexibility index (Phi) is 17.8. The lowest BCUT2D eigenvalue weighted by Gasteiger charge is -2.11. The SMILES string of the molecule is CC(F)(F)c1cccc(Cc2noc3c(C#Cc4cnc5cccnn45)c(-c4ccccc4)ccc23)c1.Cc1ccc2c(Cc3cccc(-c4ccccc4)c3)noc2c1C#Cc1cnc2cccnn12.Cc1ccc2c(Cc3cccc(C(C)(F)F)c3)noc2c1C#Cc1ccc2[nH]ncc2c1. The van der Waals surface area contributed by atoms with Crippen molar-refractivity contribution in [1.29, 1.82) is 0 Å². The Morgan fingerprint density at radius 3 is 1.42 bits per heavy atom. The van der Waals surface area contributed by atoms with Crippen molar-refractivity contribution < 1.29 is 31.1 Å². The molecular formula is C85H59F4N11O3. The molecule has 103 heavy (non-hydrogen) atoms. The van der Waals surface area contributed by atoms with Gasteiger partial charge in [0.1, 0.15) is 11.4 Å². The first kappa shape index (κ1) is 65.4. The van der Waals surface area contributed by atoms with E-state index in [9.17, 15) is 17.6 Å². The van der Waals surface area contributed by atoms with E-state index >= 15 is 0 Å². The Hall–Kier alpha value is -13.5. The summed E-state index contributed by atoms with van der Waals surface area (Å²) in [5, 5.41) is 32.2. The summed E-state index contributed by atoms with van der Waals surface area (Å²) in [4.78, 5) is 8.72. The van der Waals surface area contributed by atoms with E-state index in [2.05, 4.69) is 142 Å². The number of hydrogen-bond acceptors (Lipinski definition) is 11. The summed E-state index contributed by atoms with van der Waals surface area (Å²) in [6.45, 7) is 5.79. The van der Waals surface area contributed by atoms with Crippen LogP contribution in [0.15, 0.2) is 257 Å². The second-order valence-corrected chi connectivity index (χ2v) is 25.0. The minimum absolute atomic E-state index is 0.0141. The molecule has 17 rings (SSSR count). The van der Waals surface area contributed by atoms with E-state index < -0.39 is 11.8 Å². The molecule has 0 radical (unpaired) electrons. The van der Waals surface area contributed by atoms with E-state index in [0.29, 0.717) is 64.3 Å². The van der Waals surface area contributed by atoms with Crippen LogP contribution in [0.3, 0.4) is 0 Å². The molecule has 0 unspecified atom stereocenters. The van der Waals surface area contributed by atoms with Gasteiger partial charge >= 0.3 is 0 Å². The first-order valence-corrected chi connectivity index (χ1v) is 33.0. The topological polar surface area (TPSA) is 167 Å². The third kappa shape index (κ3) is 14.1. The van der Waals surface area contributed by atoms with Crippen LogP contribution in [0.1, 0.15) is 104 Å². The first-order chi connectivity index (χ1) is 50.1. The molecule has 0 saturated carbocycles. The Morgan fingerprint density at radius 2 is 0.883 bits per heavy atom. The van der Waals surface area contributed by atoms with Crippen LogP contribution in [-0.2, 0) is 31.1 Å². The Morgan fingerprint density at radius 1 is 0.417 bits per heavy atom. The van der Waals surface area contributed by atoms with Crippen molar-refractivity contribution in [2.45, 2.75) is 58.8 Å². The number of hydrogen-bond donors (Lipinski definition) is 1. The number of halogens is 4. The lowest BCUT2D eigenvalue weighted by molar-refractivity contribution is 0.0167. The number of H-pyrrole nitrogens is 1. The number of alkyl halides is 4. The molecule has 500 valence electrons. The van der Waals surface area contributed by atoms with Gasteiger partial charge in [-0.1, -0.05) is 179 Å². The molecule has 8 heterocycles. The maximum Gasteiger partial charge on any atom is 0.270 e. The van der Waals surface area contributed by atoms with Crippen LogP contribution >= 0.6 is 0 Å². The molecule has 14 nitrogen and oxygen atoms in total. The van der Waals surface area contributed by atoms with Crippen molar-refractivity contribution in [3.8, 4) is 57.8 Å². The van der Waals surface area contributed by atoms with Crippen molar-refractivity contribution >= 4 is 55.1 Å². The maximum atomic E-state index is 13.9. The van der Waals surface area contributed by atoms with Gasteiger partial charge in [0, 0.05) is 89.3 Å². The molecule has 0 saturated heterocycles. The summed E-state index contributed by atoms with van der Waals surface area (Å²) < 4.78 is 75.8. The van der Waals surface area contributed by atoms with Crippen LogP contribution in [0.5, 0.6) is 0 Å². The molecule has 17 aromatic rings. The molecule has 0 bridgehead atoms. The van der Waals surface area contributed by atoms with Gasteiger partial charge in [-0.05, 0) is 143 Å². The fraction of sp³-hybridized carbons (Fsp3) is 0.106. The van der Waals surface area contributed by atoms with Gasteiger partial charge in [0.2, 0.25) is 0 Å². The molecule has 0 aliphatic rings. The fourth-order valence-corrected chi connectivity index (χ4v) is 12.3. The Balaban J connectivity index is 0.000000125. The molecule has 9 aromatic carbocycles. The van der Waals surface area contributed by atoms with E-state index in [0.717, 1.165) is 108 Å². The van der Waals surface area contributed by atoms with Crippen LogP contribution in [-0.4, -0.2) is 54.9 Å². The molecule has 18 heteroatoms. The van der Waals surface area contributed by atoms with Crippen molar-refractivity contribution in [1.82, 2.24) is 54.9 Å². The highest BCUT2D eigenvalue weighted by atomic mass is 19.3. The Labute approximate surface area is 587 Å². The zero-order valence-electron chi connectivity index (χ0n) is 55.9. The molecule has 0 amide bonds. The lowest BCUT2D eigenvalue weighted by atomic mass is 9.96. The van der Waals surface area contributed by atoms with Crippen molar-refractivity contribution in [3.63, 3.8) is 0 Å². The van der Waals surface area contributed by atoms with Gasteiger partial charge < -0.3 is 13.6 Å². The van der Waals surface area contributed by atoms with E-state index in [1.165, 1.54) is 41.0 Å². The van der Waals surface area contributed by atoms with E-state index in [-0.39, 0.29) is 11.1 Å². The smallest absolute Gasteiger partial charge is 0.270 e. The number of nitrogens with one attached hydrogen (secondary N) is 1. The highest BCUT2D eigenvalue weighted by molar-refractivity contribution is 5.93. The zero-order chi connectivity index (χ0) is 70.6. The van der Waals surface area contributed by atoms with Crippen molar-refractivity contribution in [2.75, 3.05) is 0 Å². The normalized spacial score (nSPS) is 11.4. The van der Waals surface area contributed by atoms with Gasteiger partial charge in [-0.25, -0.2) is 36.6 Å². The van der Waals surface area contributed by atoms with Gasteiger partial charge in [0.15, 0.2) is 28.0 Å². The standard InChI is InChI=1S/C30H20F2N4O.C29H20N4O.C26H19F2N3O/c1-30(31,32)22-10-5-7-20(17-22)18-27-26-15-14-24(21-8-3-2-4-9-21)25(29(26)37-35-27)13-12-23-19-33-28-11-6-16-34-36(23)28;1-20-12-14-26-27(18-21-7-5-10-23(17-21)22-8-3-2-4-9-22)32-34-29(26)25(20)15-13-24-19-30-28-11-6-16-31-33(24)28;1-16-6-9-22-24(14-18-4-3-5-20(13-18)26(2,27)28)31-32-25(22)21(16)10-7-17-8-11-23-19(12-17)15-29-30-23/h2-11,14-17,19H,18H2,1H3;2-12,14,16-17,19H,18H2,1H3;3-6,8-9,11-13,15H,14H2,1-2H3,(H,29,30). The monoisotopic (exact) mass is 1360 g/mol. The fourth-order valence-electron chi connectivity index (χ4n) is 12.3. The number of fused-ring (bicyclic) bond motifs is 6. The summed E-state index contributed by atoms with van der Waals surface area (Å²) in [6.07, 6.45) is 10.0. The highest BCUT2D eigenvalue weighted by Crippen LogP contribution is 2.36. The van der Waals surface area contributed by atoms with Crippen LogP contribution in [0.2, 0.25) is 0 Å². The number of aromatic nitrogens is 11. The zero-order valence-corrected chi connectivity index (χ0v) is 55.9. The van der Waals surface area contributed by atoms with Gasteiger partial charge in [-0.2, -0.15) is 15.3 Å². The minimum Gasteiger partial charge on any atom is -0.355 e. The minimum atomic E-state index is -2.91. The molecular weight excluding hydrogens is 1300 g/mol.